The Kier molecular flexibility index (Phi) is 6.78. The van der Waals surface area contributed by atoms with Gasteiger partial charge in [-0.25, -0.2) is 13.1 Å². The number of methoxy groups -OCH3 is 1. The molecular weight excluding hydrogens is 440 g/mol. The molecule has 3 aromatic rings. The van der Waals surface area contributed by atoms with Crippen molar-refractivity contribution in [2.75, 3.05) is 12.9 Å². The Bertz CT molecular complexity index is 1050. The molecule has 0 saturated heterocycles. The topological polar surface area (TPSA) is 86.1 Å². The van der Waals surface area contributed by atoms with Crippen LogP contribution in [-0.2, 0) is 16.6 Å². The van der Waals surface area contributed by atoms with Crippen molar-refractivity contribution in [2.24, 2.45) is 0 Å². The number of aromatic nitrogens is 3. The van der Waals surface area contributed by atoms with Gasteiger partial charge < -0.3 is 4.74 Å². The lowest BCUT2D eigenvalue weighted by Gasteiger charge is -2.11. The zero-order chi connectivity index (χ0) is 20.1. The van der Waals surface area contributed by atoms with E-state index in [1.165, 1.54) is 11.8 Å². The average Bonchev–Trinajstić information content (AvgIpc) is 3.35. The summed E-state index contributed by atoms with van der Waals surface area (Å²) in [6, 6.07) is 10.5. The molecule has 0 atom stereocenters. The third kappa shape index (κ3) is 4.95. The van der Waals surface area contributed by atoms with Gasteiger partial charge >= 0.3 is 0 Å². The second-order valence-corrected chi connectivity index (χ2v) is 9.91. The van der Waals surface area contributed by atoms with E-state index in [0.717, 1.165) is 17.0 Å². The van der Waals surface area contributed by atoms with E-state index >= 15 is 0 Å². The highest BCUT2D eigenvalue weighted by molar-refractivity contribution is 7.99. The summed E-state index contributed by atoms with van der Waals surface area (Å²) >= 11 is 8.38. The average molecular weight is 457 g/mol. The summed E-state index contributed by atoms with van der Waals surface area (Å²) in [6.07, 6.45) is 0. The molecule has 0 aliphatic carbocycles. The number of thiophene rings is 1. The smallest absolute Gasteiger partial charge is 0.250 e. The van der Waals surface area contributed by atoms with Crippen LogP contribution in [0.1, 0.15) is 5.82 Å². The maximum atomic E-state index is 12.4. The standard InChI is InChI=1S/C17H17ClN4O3S3/c1-12(18)11-27-17-21-20-15(10-19-28(23,24)16-4-3-9-26-16)22(17)13-5-7-14(25-2)8-6-13/h3-9,19H,1,10-11H2,2H3. The molecule has 0 bridgehead atoms. The maximum Gasteiger partial charge on any atom is 0.250 e. The van der Waals surface area contributed by atoms with Crippen molar-refractivity contribution < 1.29 is 13.2 Å². The van der Waals surface area contributed by atoms with E-state index < -0.39 is 10.0 Å². The summed E-state index contributed by atoms with van der Waals surface area (Å²) in [6.45, 7) is 3.67. The molecule has 1 N–H and O–H groups in total. The summed E-state index contributed by atoms with van der Waals surface area (Å²) in [5.74, 6) is 1.62. The molecule has 2 heterocycles. The lowest BCUT2D eigenvalue weighted by atomic mass is 10.3. The van der Waals surface area contributed by atoms with Crippen LogP contribution in [-0.4, -0.2) is 36.0 Å². The number of ether oxygens (including phenoxy) is 1. The van der Waals surface area contributed by atoms with Gasteiger partial charge in [0.1, 0.15) is 9.96 Å². The van der Waals surface area contributed by atoms with E-state index in [1.807, 2.05) is 24.3 Å². The molecule has 0 spiro atoms. The molecule has 0 radical (unpaired) electrons. The van der Waals surface area contributed by atoms with Gasteiger partial charge in [0.25, 0.3) is 0 Å². The molecule has 0 fully saturated rings. The number of halogens is 1. The van der Waals surface area contributed by atoms with Crippen molar-refractivity contribution in [3.8, 4) is 11.4 Å². The Morgan fingerprint density at radius 2 is 2.07 bits per heavy atom. The second kappa shape index (κ2) is 9.10. The fraction of sp³-hybridized carbons (Fsp3) is 0.176. The molecule has 0 aliphatic rings. The Labute approximate surface area is 176 Å². The third-order valence-corrected chi connectivity index (χ3v) is 7.68. The minimum absolute atomic E-state index is 0.0123. The molecule has 3 rings (SSSR count). The third-order valence-electron chi connectivity index (χ3n) is 3.57. The van der Waals surface area contributed by atoms with Crippen LogP contribution in [0.15, 0.2) is 62.8 Å². The predicted octanol–water partition coefficient (Wildman–Crippen LogP) is 3.66. The molecular formula is C17H17ClN4O3S3. The number of thioether (sulfide) groups is 1. The van der Waals surface area contributed by atoms with Crippen LogP contribution in [0.5, 0.6) is 5.75 Å². The fourth-order valence-electron chi connectivity index (χ4n) is 2.29. The Balaban J connectivity index is 1.90. The lowest BCUT2D eigenvalue weighted by Crippen LogP contribution is -2.24. The summed E-state index contributed by atoms with van der Waals surface area (Å²) in [5, 5.41) is 11.1. The van der Waals surface area contributed by atoms with Gasteiger partial charge in [0.15, 0.2) is 11.0 Å². The van der Waals surface area contributed by atoms with Gasteiger partial charge in [0, 0.05) is 16.5 Å². The minimum Gasteiger partial charge on any atom is -0.497 e. The van der Waals surface area contributed by atoms with Gasteiger partial charge in [-0.3, -0.25) is 4.57 Å². The van der Waals surface area contributed by atoms with Gasteiger partial charge in [0.05, 0.1) is 13.7 Å². The Morgan fingerprint density at radius 1 is 1.32 bits per heavy atom. The van der Waals surface area contributed by atoms with Crippen molar-refractivity contribution in [3.05, 3.63) is 59.2 Å². The van der Waals surface area contributed by atoms with Crippen molar-refractivity contribution in [2.45, 2.75) is 15.9 Å². The zero-order valence-electron chi connectivity index (χ0n) is 14.8. The highest BCUT2D eigenvalue weighted by Gasteiger charge is 2.19. The molecule has 1 aromatic carbocycles. The number of hydrogen-bond acceptors (Lipinski definition) is 7. The molecule has 7 nitrogen and oxygen atoms in total. The second-order valence-electron chi connectivity index (χ2n) is 5.49. The zero-order valence-corrected chi connectivity index (χ0v) is 18.0. The van der Waals surface area contributed by atoms with Crippen LogP contribution in [0.2, 0.25) is 0 Å². The first-order valence-corrected chi connectivity index (χ1v) is 11.7. The van der Waals surface area contributed by atoms with Crippen molar-refractivity contribution in [1.29, 1.82) is 0 Å². The van der Waals surface area contributed by atoms with E-state index in [4.69, 9.17) is 16.3 Å². The first-order valence-electron chi connectivity index (χ1n) is 7.98. The van der Waals surface area contributed by atoms with Crippen molar-refractivity contribution in [3.63, 3.8) is 0 Å². The van der Waals surface area contributed by atoms with Gasteiger partial charge in [-0.15, -0.1) is 21.5 Å². The maximum absolute atomic E-state index is 12.4. The van der Waals surface area contributed by atoms with Gasteiger partial charge in [-0.05, 0) is 35.7 Å². The largest absolute Gasteiger partial charge is 0.497 e. The van der Waals surface area contributed by atoms with Crippen molar-refractivity contribution >= 4 is 44.7 Å². The normalized spacial score (nSPS) is 11.5. The van der Waals surface area contributed by atoms with Crippen LogP contribution < -0.4 is 9.46 Å². The SMILES string of the molecule is C=C(Cl)CSc1nnc(CNS(=O)(=O)c2cccs2)n1-c1ccc(OC)cc1. The van der Waals surface area contributed by atoms with Crippen LogP contribution >= 0.6 is 34.7 Å². The lowest BCUT2D eigenvalue weighted by molar-refractivity contribution is 0.414. The Morgan fingerprint density at radius 3 is 2.68 bits per heavy atom. The first kappa shape index (κ1) is 20.9. The Hall–Kier alpha value is -1.85. The van der Waals surface area contributed by atoms with Gasteiger partial charge in [-0.1, -0.05) is 36.0 Å². The summed E-state index contributed by atoms with van der Waals surface area (Å²) in [7, 11) is -2.03. The van der Waals surface area contributed by atoms with E-state index in [-0.39, 0.29) is 10.8 Å². The highest BCUT2D eigenvalue weighted by Crippen LogP contribution is 2.26. The molecule has 148 valence electrons. The summed E-state index contributed by atoms with van der Waals surface area (Å²) < 4.78 is 34.6. The van der Waals surface area contributed by atoms with E-state index in [9.17, 15) is 8.42 Å². The fourth-order valence-corrected chi connectivity index (χ4v) is 5.19. The molecule has 0 amide bonds. The highest BCUT2D eigenvalue weighted by atomic mass is 35.5. The molecule has 28 heavy (non-hydrogen) atoms. The van der Waals surface area contributed by atoms with Crippen LogP contribution in [0.25, 0.3) is 5.69 Å². The molecule has 0 unspecified atom stereocenters. The van der Waals surface area contributed by atoms with Gasteiger partial charge in [-0.2, -0.15) is 0 Å². The van der Waals surface area contributed by atoms with Crippen LogP contribution in [0.3, 0.4) is 0 Å². The van der Waals surface area contributed by atoms with E-state index in [2.05, 4.69) is 21.5 Å². The predicted molar refractivity (Wildman–Crippen MR) is 112 cm³/mol. The molecule has 2 aromatic heterocycles. The number of rotatable bonds is 9. The van der Waals surface area contributed by atoms with E-state index in [0.29, 0.717) is 27.5 Å². The molecule has 0 saturated carbocycles. The quantitative estimate of drug-likeness (QED) is 0.494. The number of sulfonamides is 1. The van der Waals surface area contributed by atoms with Crippen LogP contribution in [0.4, 0.5) is 0 Å². The molecule has 0 aliphatic heterocycles. The number of benzene rings is 1. The van der Waals surface area contributed by atoms with E-state index in [1.54, 1.807) is 29.2 Å². The number of hydrogen-bond donors (Lipinski definition) is 1. The first-order chi connectivity index (χ1) is 13.4. The van der Waals surface area contributed by atoms with Gasteiger partial charge in [0.2, 0.25) is 10.0 Å². The van der Waals surface area contributed by atoms with Crippen molar-refractivity contribution in [1.82, 2.24) is 19.5 Å². The summed E-state index contributed by atoms with van der Waals surface area (Å²) in [4.78, 5) is 0. The monoisotopic (exact) mass is 456 g/mol. The minimum atomic E-state index is -3.62. The molecule has 11 heteroatoms. The summed E-state index contributed by atoms with van der Waals surface area (Å²) in [5.41, 5.74) is 0.777. The number of nitrogens with one attached hydrogen (secondary N) is 1. The van der Waals surface area contributed by atoms with Crippen LogP contribution in [0, 0.1) is 0 Å². The number of nitrogens with zero attached hydrogens (tertiary/aromatic N) is 3.